The molecule has 1 aliphatic rings. The fourth-order valence-electron chi connectivity index (χ4n) is 2.26. The van der Waals surface area contributed by atoms with Gasteiger partial charge in [-0.25, -0.2) is 0 Å². The second-order valence-electron chi connectivity index (χ2n) is 5.23. The Morgan fingerprint density at radius 3 is 2.71 bits per heavy atom. The lowest BCUT2D eigenvalue weighted by atomic mass is 10.1. The van der Waals surface area contributed by atoms with Crippen molar-refractivity contribution >= 4 is 29.0 Å². The van der Waals surface area contributed by atoms with Crippen LogP contribution in [0.1, 0.15) is 25.1 Å². The van der Waals surface area contributed by atoms with Crippen LogP contribution in [0.25, 0.3) is 0 Å². The molecule has 21 heavy (non-hydrogen) atoms. The van der Waals surface area contributed by atoms with Crippen molar-refractivity contribution in [3.63, 3.8) is 0 Å². The molecule has 2 N–H and O–H groups in total. The van der Waals surface area contributed by atoms with Crippen LogP contribution in [0.5, 0.6) is 0 Å². The molecule has 2 heterocycles. The zero-order valence-corrected chi connectivity index (χ0v) is 12.9. The Bertz CT molecular complexity index is 588. The summed E-state index contributed by atoms with van der Waals surface area (Å²) in [6, 6.07) is 3.56. The molecule has 0 unspecified atom stereocenters. The van der Waals surface area contributed by atoms with E-state index >= 15 is 0 Å². The lowest BCUT2D eigenvalue weighted by molar-refractivity contribution is -0.157. The molecule has 6 nitrogen and oxygen atoms in total. The maximum atomic E-state index is 12.1. The number of hydrogen-bond acceptors (Lipinski definition) is 4. The minimum absolute atomic E-state index is 0.0331. The van der Waals surface area contributed by atoms with Gasteiger partial charge in [-0.15, -0.1) is 0 Å². The van der Waals surface area contributed by atoms with E-state index in [1.54, 1.807) is 28.1 Å². The summed E-state index contributed by atoms with van der Waals surface area (Å²) in [5.74, 6) is -0.913. The largest absolute Gasteiger partial charge is 0.388 e. The van der Waals surface area contributed by atoms with Crippen molar-refractivity contribution < 1.29 is 9.59 Å². The highest BCUT2D eigenvalue weighted by Crippen LogP contribution is 2.13. The number of rotatable bonds is 4. The van der Waals surface area contributed by atoms with Crippen molar-refractivity contribution in [1.82, 2.24) is 14.8 Å². The number of amides is 2. The molecule has 1 saturated heterocycles. The molecule has 112 valence electrons. The first kappa shape index (κ1) is 15.4. The van der Waals surface area contributed by atoms with Crippen molar-refractivity contribution in [2.24, 2.45) is 5.73 Å². The Hall–Kier alpha value is -2.02. The van der Waals surface area contributed by atoms with Crippen molar-refractivity contribution in [2.45, 2.75) is 26.4 Å². The highest BCUT2D eigenvalue weighted by atomic mass is 32.1. The average molecular weight is 306 g/mol. The van der Waals surface area contributed by atoms with Crippen LogP contribution < -0.4 is 5.73 Å². The molecular formula is C14H18N4O2S. The third-order valence-corrected chi connectivity index (χ3v) is 3.62. The SMILES string of the molecule is CC(C)N1CCN(Cc2ccnc(C(N)=S)c2)C(=O)C1=O. The number of thiocarbonyl (C=S) groups is 1. The van der Waals surface area contributed by atoms with E-state index in [-0.39, 0.29) is 11.0 Å². The molecule has 2 amide bonds. The van der Waals surface area contributed by atoms with Gasteiger partial charge in [-0.3, -0.25) is 14.6 Å². The number of nitrogens with zero attached hydrogens (tertiary/aromatic N) is 3. The normalized spacial score (nSPS) is 15.8. The zero-order chi connectivity index (χ0) is 15.6. The van der Waals surface area contributed by atoms with Crippen LogP contribution in [0.4, 0.5) is 0 Å². The summed E-state index contributed by atoms with van der Waals surface area (Å²) in [4.78, 5) is 31.6. The molecule has 0 bridgehead atoms. The quantitative estimate of drug-likeness (QED) is 0.639. The van der Waals surface area contributed by atoms with E-state index in [1.807, 2.05) is 13.8 Å². The lowest BCUT2D eigenvalue weighted by Gasteiger charge is -2.36. The molecule has 1 fully saturated rings. The van der Waals surface area contributed by atoms with E-state index in [0.717, 1.165) is 5.56 Å². The van der Waals surface area contributed by atoms with E-state index in [4.69, 9.17) is 18.0 Å². The topological polar surface area (TPSA) is 79.5 Å². The predicted molar refractivity (Wildman–Crippen MR) is 82.4 cm³/mol. The van der Waals surface area contributed by atoms with Crippen molar-refractivity contribution in [2.75, 3.05) is 13.1 Å². The molecule has 1 aromatic rings. The molecular weight excluding hydrogens is 288 g/mol. The number of nitrogens with two attached hydrogens (primary N) is 1. The summed E-state index contributed by atoms with van der Waals surface area (Å²) in [5.41, 5.74) is 6.91. The fourth-order valence-corrected chi connectivity index (χ4v) is 2.37. The van der Waals surface area contributed by atoms with Crippen LogP contribution in [0.2, 0.25) is 0 Å². The fraction of sp³-hybridized carbons (Fsp3) is 0.429. The molecule has 1 aromatic heterocycles. The van der Waals surface area contributed by atoms with E-state index in [9.17, 15) is 9.59 Å². The number of piperazine rings is 1. The summed E-state index contributed by atoms with van der Waals surface area (Å²) >= 11 is 4.89. The molecule has 7 heteroatoms. The number of aromatic nitrogens is 1. The van der Waals surface area contributed by atoms with Gasteiger partial charge in [0.15, 0.2) is 0 Å². The first-order valence-corrected chi connectivity index (χ1v) is 7.15. The molecule has 1 aliphatic heterocycles. The van der Waals surface area contributed by atoms with Gasteiger partial charge in [-0.05, 0) is 31.5 Å². The average Bonchev–Trinajstić information content (AvgIpc) is 2.44. The molecule has 0 spiro atoms. The van der Waals surface area contributed by atoms with Gasteiger partial charge in [-0.2, -0.15) is 0 Å². The maximum Gasteiger partial charge on any atom is 0.312 e. The first-order valence-electron chi connectivity index (χ1n) is 6.74. The molecule has 0 aromatic carbocycles. The van der Waals surface area contributed by atoms with Crippen LogP contribution in [-0.2, 0) is 16.1 Å². The Kier molecular flexibility index (Phi) is 4.52. The molecule has 0 saturated carbocycles. The van der Waals surface area contributed by atoms with E-state index in [1.165, 1.54) is 0 Å². The zero-order valence-electron chi connectivity index (χ0n) is 12.1. The summed E-state index contributed by atoms with van der Waals surface area (Å²) < 4.78 is 0. The van der Waals surface area contributed by atoms with Crippen LogP contribution in [0.15, 0.2) is 18.3 Å². The summed E-state index contributed by atoms with van der Waals surface area (Å²) in [5, 5.41) is 0. The van der Waals surface area contributed by atoms with Gasteiger partial charge >= 0.3 is 11.8 Å². The highest BCUT2D eigenvalue weighted by Gasteiger charge is 2.33. The molecule has 0 atom stereocenters. The lowest BCUT2D eigenvalue weighted by Crippen LogP contribution is -2.55. The van der Waals surface area contributed by atoms with Crippen LogP contribution in [-0.4, -0.2) is 50.7 Å². The van der Waals surface area contributed by atoms with Gasteiger partial charge in [0.2, 0.25) is 0 Å². The number of carbonyl (C=O) groups excluding carboxylic acids is 2. The van der Waals surface area contributed by atoms with Crippen molar-refractivity contribution in [3.05, 3.63) is 29.6 Å². The van der Waals surface area contributed by atoms with Crippen LogP contribution in [0.3, 0.4) is 0 Å². The standard InChI is InChI=1S/C14H18N4O2S/c1-9(2)18-6-5-17(13(19)14(18)20)8-10-3-4-16-11(7-10)12(15)21/h3-4,7,9H,5-6,8H2,1-2H3,(H2,15,21). The minimum Gasteiger partial charge on any atom is -0.388 e. The maximum absolute atomic E-state index is 12.1. The molecule has 0 aliphatic carbocycles. The second kappa shape index (κ2) is 6.17. The molecule has 2 rings (SSSR count). The highest BCUT2D eigenvalue weighted by molar-refractivity contribution is 7.80. The van der Waals surface area contributed by atoms with E-state index < -0.39 is 11.8 Å². The minimum atomic E-state index is -0.469. The summed E-state index contributed by atoms with van der Waals surface area (Å²) in [6.07, 6.45) is 1.60. The first-order chi connectivity index (χ1) is 9.90. The van der Waals surface area contributed by atoms with Crippen molar-refractivity contribution in [1.29, 1.82) is 0 Å². The van der Waals surface area contributed by atoms with Crippen molar-refractivity contribution in [3.8, 4) is 0 Å². The monoisotopic (exact) mass is 306 g/mol. The van der Waals surface area contributed by atoms with Gasteiger partial charge < -0.3 is 15.5 Å². The molecule has 0 radical (unpaired) electrons. The van der Waals surface area contributed by atoms with Gasteiger partial charge in [0.05, 0.1) is 5.69 Å². The Morgan fingerprint density at radius 1 is 1.38 bits per heavy atom. The van der Waals surface area contributed by atoms with E-state index in [2.05, 4.69) is 4.98 Å². The number of carbonyl (C=O) groups is 2. The second-order valence-corrected chi connectivity index (χ2v) is 5.67. The van der Waals surface area contributed by atoms with E-state index in [0.29, 0.717) is 25.3 Å². The smallest absolute Gasteiger partial charge is 0.312 e. The van der Waals surface area contributed by atoms with Crippen LogP contribution >= 0.6 is 12.2 Å². The van der Waals surface area contributed by atoms with Gasteiger partial charge in [0.25, 0.3) is 0 Å². The number of pyridine rings is 1. The van der Waals surface area contributed by atoms with Gasteiger partial charge in [-0.1, -0.05) is 12.2 Å². The summed E-state index contributed by atoms with van der Waals surface area (Å²) in [6.45, 7) is 5.23. The number of hydrogen-bond donors (Lipinski definition) is 1. The Balaban J connectivity index is 2.11. The van der Waals surface area contributed by atoms with Gasteiger partial charge in [0.1, 0.15) is 4.99 Å². The summed E-state index contributed by atoms with van der Waals surface area (Å²) in [7, 11) is 0. The van der Waals surface area contributed by atoms with Gasteiger partial charge in [0, 0.05) is 31.9 Å². The third kappa shape index (κ3) is 3.36. The Morgan fingerprint density at radius 2 is 2.10 bits per heavy atom. The Labute approximate surface area is 128 Å². The van der Waals surface area contributed by atoms with Crippen LogP contribution in [0, 0.1) is 0 Å². The predicted octanol–water partition coefficient (Wildman–Crippen LogP) is 0.295. The third-order valence-electron chi connectivity index (χ3n) is 3.42.